The van der Waals surface area contributed by atoms with Gasteiger partial charge in [-0.25, -0.2) is 4.79 Å². The zero-order valence-electron chi connectivity index (χ0n) is 20.6. The molecule has 9 heteroatoms. The SMILES string of the molecule is CCCNC(=O)Nc1ccc2c(c1)C(=O)N(C)C[C@H](OC)[C@H](C)CN(C(=O)CC)[C@@H](C)CO2. The lowest BCUT2D eigenvalue weighted by molar-refractivity contribution is -0.135. The van der Waals surface area contributed by atoms with Crippen molar-refractivity contribution in [1.29, 1.82) is 0 Å². The molecular weight excluding hydrogens is 424 g/mol. The Bertz CT molecular complexity index is 831. The number of fused-ring (bicyclic) bond motifs is 1. The van der Waals surface area contributed by atoms with Crippen LogP contribution in [0.3, 0.4) is 0 Å². The fourth-order valence-electron chi connectivity index (χ4n) is 3.82. The molecule has 9 nitrogen and oxygen atoms in total. The predicted molar refractivity (Wildman–Crippen MR) is 128 cm³/mol. The minimum absolute atomic E-state index is 0.0114. The quantitative estimate of drug-likeness (QED) is 0.701. The predicted octanol–water partition coefficient (Wildman–Crippen LogP) is 2.96. The highest BCUT2D eigenvalue weighted by atomic mass is 16.5. The molecule has 0 aliphatic carbocycles. The second-order valence-electron chi connectivity index (χ2n) is 8.59. The maximum atomic E-state index is 13.3. The lowest BCUT2D eigenvalue weighted by Gasteiger charge is -2.36. The third-order valence-corrected chi connectivity index (χ3v) is 5.86. The second-order valence-corrected chi connectivity index (χ2v) is 8.59. The summed E-state index contributed by atoms with van der Waals surface area (Å²) in [6.45, 7) is 9.44. The molecule has 0 aromatic heterocycles. The van der Waals surface area contributed by atoms with Crippen molar-refractivity contribution in [3.8, 4) is 5.75 Å². The number of hydrogen-bond donors (Lipinski definition) is 2. The number of methoxy groups -OCH3 is 1. The molecule has 1 aliphatic heterocycles. The number of carbonyl (C=O) groups is 3. The van der Waals surface area contributed by atoms with Gasteiger partial charge in [-0.2, -0.15) is 0 Å². The Morgan fingerprint density at radius 1 is 1.21 bits per heavy atom. The summed E-state index contributed by atoms with van der Waals surface area (Å²) in [5.74, 6) is 0.237. The lowest BCUT2D eigenvalue weighted by atomic mass is 10.0. The first-order valence-corrected chi connectivity index (χ1v) is 11.6. The molecular formula is C24H38N4O5. The van der Waals surface area contributed by atoms with E-state index in [2.05, 4.69) is 10.6 Å². The zero-order chi connectivity index (χ0) is 24.5. The minimum Gasteiger partial charge on any atom is -0.491 e. The van der Waals surface area contributed by atoms with Gasteiger partial charge in [-0.15, -0.1) is 0 Å². The highest BCUT2D eigenvalue weighted by molar-refractivity contribution is 5.99. The molecule has 2 rings (SSSR count). The molecule has 1 aromatic carbocycles. The van der Waals surface area contributed by atoms with Gasteiger partial charge in [0.2, 0.25) is 5.91 Å². The number of likely N-dealkylation sites (N-methyl/N-ethyl adjacent to an activating group) is 1. The molecule has 0 saturated carbocycles. The fourth-order valence-corrected chi connectivity index (χ4v) is 3.82. The molecule has 3 atom stereocenters. The number of hydrogen-bond acceptors (Lipinski definition) is 5. The average Bonchev–Trinajstić information content (AvgIpc) is 2.81. The van der Waals surface area contributed by atoms with Gasteiger partial charge in [-0.3, -0.25) is 9.59 Å². The molecule has 1 aromatic rings. The molecule has 4 amide bonds. The normalized spacial score (nSPS) is 21.9. The first-order valence-electron chi connectivity index (χ1n) is 11.6. The number of rotatable bonds is 5. The van der Waals surface area contributed by atoms with E-state index in [1.54, 1.807) is 37.3 Å². The molecule has 1 heterocycles. The molecule has 2 N–H and O–H groups in total. The number of urea groups is 1. The van der Waals surface area contributed by atoms with Crippen LogP contribution in [0.15, 0.2) is 18.2 Å². The topological polar surface area (TPSA) is 100 Å². The Morgan fingerprint density at radius 3 is 2.58 bits per heavy atom. The van der Waals surface area contributed by atoms with E-state index in [-0.39, 0.29) is 42.5 Å². The van der Waals surface area contributed by atoms with Crippen LogP contribution in [0.1, 0.15) is 50.9 Å². The van der Waals surface area contributed by atoms with Crippen LogP contribution in [0.25, 0.3) is 0 Å². The van der Waals surface area contributed by atoms with Gasteiger partial charge in [0.1, 0.15) is 12.4 Å². The van der Waals surface area contributed by atoms with Crippen LogP contribution in [0, 0.1) is 5.92 Å². The van der Waals surface area contributed by atoms with Gasteiger partial charge in [0.15, 0.2) is 0 Å². The Labute approximate surface area is 196 Å². The first-order chi connectivity index (χ1) is 15.7. The molecule has 0 unspecified atom stereocenters. The largest absolute Gasteiger partial charge is 0.491 e. The maximum absolute atomic E-state index is 13.3. The van der Waals surface area contributed by atoms with Crippen LogP contribution in [0.5, 0.6) is 5.75 Å². The summed E-state index contributed by atoms with van der Waals surface area (Å²) < 4.78 is 11.7. The number of carbonyl (C=O) groups excluding carboxylic acids is 3. The monoisotopic (exact) mass is 462 g/mol. The number of amides is 4. The van der Waals surface area contributed by atoms with E-state index in [1.165, 1.54) is 0 Å². The van der Waals surface area contributed by atoms with Crippen molar-refractivity contribution in [3.63, 3.8) is 0 Å². The van der Waals surface area contributed by atoms with Crippen molar-refractivity contribution in [2.75, 3.05) is 45.7 Å². The first kappa shape index (κ1) is 26.4. The second kappa shape index (κ2) is 12.4. The highest BCUT2D eigenvalue weighted by Crippen LogP contribution is 2.26. The van der Waals surface area contributed by atoms with Gasteiger partial charge in [-0.05, 0) is 31.5 Å². The van der Waals surface area contributed by atoms with Crippen molar-refractivity contribution >= 4 is 23.5 Å². The third kappa shape index (κ3) is 7.08. The van der Waals surface area contributed by atoms with Gasteiger partial charge in [0, 0.05) is 51.8 Å². The third-order valence-electron chi connectivity index (χ3n) is 5.86. The van der Waals surface area contributed by atoms with Crippen molar-refractivity contribution < 1.29 is 23.9 Å². The number of nitrogens with zero attached hydrogens (tertiary/aromatic N) is 2. The summed E-state index contributed by atoms with van der Waals surface area (Å²) in [6.07, 6.45) is 0.978. The summed E-state index contributed by atoms with van der Waals surface area (Å²) in [5, 5.41) is 5.51. The number of benzene rings is 1. The average molecular weight is 463 g/mol. The van der Waals surface area contributed by atoms with E-state index in [9.17, 15) is 14.4 Å². The number of nitrogens with one attached hydrogen (secondary N) is 2. The standard InChI is InChI=1S/C24H38N4O5/c1-7-11-25-24(31)26-18-9-10-20-19(12-18)23(30)27(5)14-21(32-6)16(3)13-28(22(29)8-2)17(4)15-33-20/h9-10,12,16-17,21H,7-8,11,13-15H2,1-6H3,(H2,25,26,31)/t16-,17+,21+/m1/s1. The van der Waals surface area contributed by atoms with Crippen molar-refractivity contribution in [2.24, 2.45) is 5.92 Å². The van der Waals surface area contributed by atoms with E-state index < -0.39 is 0 Å². The summed E-state index contributed by atoms with van der Waals surface area (Å²) in [4.78, 5) is 41.5. The molecule has 0 bridgehead atoms. The maximum Gasteiger partial charge on any atom is 0.319 e. The van der Waals surface area contributed by atoms with Crippen molar-refractivity contribution in [3.05, 3.63) is 23.8 Å². The zero-order valence-corrected chi connectivity index (χ0v) is 20.6. The minimum atomic E-state index is -0.331. The van der Waals surface area contributed by atoms with Crippen LogP contribution < -0.4 is 15.4 Å². The lowest BCUT2D eigenvalue weighted by Crippen LogP contribution is -2.48. The van der Waals surface area contributed by atoms with E-state index >= 15 is 0 Å². The molecule has 0 spiro atoms. The number of anilines is 1. The van der Waals surface area contributed by atoms with Crippen LogP contribution in [0.2, 0.25) is 0 Å². The Kier molecular flexibility index (Phi) is 9.96. The van der Waals surface area contributed by atoms with Crippen LogP contribution >= 0.6 is 0 Å². The molecule has 0 radical (unpaired) electrons. The molecule has 0 saturated heterocycles. The molecule has 33 heavy (non-hydrogen) atoms. The van der Waals surface area contributed by atoms with Crippen LogP contribution in [-0.2, 0) is 9.53 Å². The summed E-state index contributed by atoms with van der Waals surface area (Å²) >= 11 is 0. The molecule has 0 fully saturated rings. The van der Waals surface area contributed by atoms with Gasteiger partial charge >= 0.3 is 6.03 Å². The Morgan fingerprint density at radius 2 is 1.94 bits per heavy atom. The Hall–Kier alpha value is -2.81. The van der Waals surface area contributed by atoms with Gasteiger partial charge in [0.25, 0.3) is 5.91 Å². The summed E-state index contributed by atoms with van der Waals surface area (Å²) in [7, 11) is 3.33. The van der Waals surface area contributed by atoms with E-state index in [4.69, 9.17) is 9.47 Å². The Balaban J connectivity index is 2.39. The number of ether oxygens (including phenoxy) is 2. The van der Waals surface area contributed by atoms with Gasteiger partial charge in [-0.1, -0.05) is 20.8 Å². The highest BCUT2D eigenvalue weighted by Gasteiger charge is 2.30. The summed E-state index contributed by atoms with van der Waals surface area (Å²) in [6, 6.07) is 4.48. The van der Waals surface area contributed by atoms with E-state index in [1.807, 2.05) is 32.6 Å². The van der Waals surface area contributed by atoms with E-state index in [0.29, 0.717) is 43.1 Å². The van der Waals surface area contributed by atoms with Crippen LogP contribution in [0.4, 0.5) is 10.5 Å². The molecule has 1 aliphatic rings. The molecule has 184 valence electrons. The van der Waals surface area contributed by atoms with E-state index in [0.717, 1.165) is 6.42 Å². The fraction of sp³-hybridized carbons (Fsp3) is 0.625. The van der Waals surface area contributed by atoms with Crippen molar-refractivity contribution in [2.45, 2.75) is 52.7 Å². The van der Waals surface area contributed by atoms with Gasteiger partial charge < -0.3 is 29.9 Å². The van der Waals surface area contributed by atoms with Crippen LogP contribution in [-0.4, -0.2) is 80.2 Å². The van der Waals surface area contributed by atoms with Gasteiger partial charge in [0.05, 0.1) is 17.7 Å². The summed E-state index contributed by atoms with van der Waals surface area (Å²) in [5.41, 5.74) is 0.835. The smallest absolute Gasteiger partial charge is 0.319 e. The van der Waals surface area contributed by atoms with Crippen molar-refractivity contribution in [1.82, 2.24) is 15.1 Å².